The first-order valence-corrected chi connectivity index (χ1v) is 12.0. The molecule has 4 aliphatic rings. The van der Waals surface area contributed by atoms with Crippen molar-refractivity contribution in [2.24, 2.45) is 29.6 Å². The van der Waals surface area contributed by atoms with E-state index < -0.39 is 64.1 Å². The first-order valence-electron chi connectivity index (χ1n) is 10.5. The van der Waals surface area contributed by atoms with Crippen molar-refractivity contribution in [3.8, 4) is 0 Å². The first kappa shape index (κ1) is 23.3. The van der Waals surface area contributed by atoms with Crippen LogP contribution in [0.1, 0.15) is 38.5 Å². The highest BCUT2D eigenvalue weighted by molar-refractivity contribution is 7.86. The molecule has 4 rings (SSSR count). The molecule has 0 aromatic heterocycles. The van der Waals surface area contributed by atoms with Crippen LogP contribution in [0.4, 0.5) is 13.2 Å². The second-order valence-corrected chi connectivity index (χ2v) is 10.6. The molecule has 13 heteroatoms. The lowest BCUT2D eigenvalue weighted by Crippen LogP contribution is -2.43. The van der Waals surface area contributed by atoms with Crippen molar-refractivity contribution in [2.45, 2.75) is 62.2 Å². The minimum atomic E-state index is -5.54. The summed E-state index contributed by atoms with van der Waals surface area (Å²) in [5.41, 5.74) is 0. The predicted octanol–water partition coefficient (Wildman–Crippen LogP) is 1.65. The van der Waals surface area contributed by atoms with Crippen LogP contribution in [0.15, 0.2) is 0 Å². The van der Waals surface area contributed by atoms with Gasteiger partial charge < -0.3 is 14.2 Å². The largest absolute Gasteiger partial charge is 0.464 e. The van der Waals surface area contributed by atoms with Gasteiger partial charge in [-0.3, -0.25) is 18.9 Å². The van der Waals surface area contributed by atoms with Crippen molar-refractivity contribution < 1.29 is 54.7 Å². The van der Waals surface area contributed by atoms with E-state index in [1.54, 1.807) is 0 Å². The molecule has 32 heavy (non-hydrogen) atoms. The Hall–Kier alpha value is -1.89. The van der Waals surface area contributed by atoms with Crippen LogP contribution in [-0.2, 0) is 38.7 Å². The summed E-state index contributed by atoms with van der Waals surface area (Å²) in [4.78, 5) is 37.2. The predicted molar refractivity (Wildman–Crippen MR) is 97.3 cm³/mol. The van der Waals surface area contributed by atoms with Gasteiger partial charge in [-0.25, -0.2) is 0 Å². The van der Waals surface area contributed by atoms with Gasteiger partial charge in [0.15, 0.2) is 0 Å². The minimum absolute atomic E-state index is 0.0113. The van der Waals surface area contributed by atoms with E-state index >= 15 is 0 Å². The Morgan fingerprint density at radius 1 is 1.12 bits per heavy atom. The molecule has 3 aliphatic carbocycles. The molecule has 3 saturated carbocycles. The number of hydrogen-bond acceptors (Lipinski definition) is 8. The van der Waals surface area contributed by atoms with Gasteiger partial charge in [0.2, 0.25) is 5.25 Å². The summed E-state index contributed by atoms with van der Waals surface area (Å²) in [6.45, 7) is -1.61. The molecule has 0 aromatic rings. The molecule has 1 N–H and O–H groups in total. The molecule has 8 atom stereocenters. The molecule has 0 amide bonds. The van der Waals surface area contributed by atoms with Crippen LogP contribution in [0.3, 0.4) is 0 Å². The molecule has 9 nitrogen and oxygen atoms in total. The van der Waals surface area contributed by atoms with Crippen molar-refractivity contribution in [2.75, 3.05) is 6.61 Å². The summed E-state index contributed by atoms with van der Waals surface area (Å²) in [7, 11) is -5.54. The molecule has 180 valence electrons. The third-order valence-electron chi connectivity index (χ3n) is 7.14. The number of carbonyl (C=O) groups excluding carboxylic acids is 3. The maximum absolute atomic E-state index is 12.9. The van der Waals surface area contributed by atoms with Crippen LogP contribution in [0.25, 0.3) is 0 Å². The Bertz CT molecular complexity index is 902. The van der Waals surface area contributed by atoms with Crippen molar-refractivity contribution in [3.05, 3.63) is 0 Å². The standard InChI is InChI=1S/C19H23F3O9S/c20-19(21,22)13(32(26,27)28)7-29-16(23)9-3-1-2-4-10(9)17(24)30-14-8-5-11-12(6-8)18(25)31-15(11)14/h8-15H,1-7H2,(H,26,27,28). The van der Waals surface area contributed by atoms with Gasteiger partial charge in [-0.15, -0.1) is 0 Å². The number of esters is 3. The molecule has 0 spiro atoms. The lowest BCUT2D eigenvalue weighted by Gasteiger charge is -2.32. The number of rotatable bonds is 6. The second kappa shape index (κ2) is 8.15. The van der Waals surface area contributed by atoms with Crippen molar-refractivity contribution in [1.29, 1.82) is 0 Å². The Morgan fingerprint density at radius 2 is 1.75 bits per heavy atom. The van der Waals surface area contributed by atoms with Gasteiger partial charge in [0.25, 0.3) is 10.1 Å². The summed E-state index contributed by atoms with van der Waals surface area (Å²) in [6.07, 6.45) is -3.62. The third kappa shape index (κ3) is 4.20. The lowest BCUT2D eigenvalue weighted by atomic mass is 9.79. The molecular weight excluding hydrogens is 461 g/mol. The first-order chi connectivity index (χ1) is 14.9. The van der Waals surface area contributed by atoms with Crippen molar-refractivity contribution >= 4 is 28.0 Å². The lowest BCUT2D eigenvalue weighted by molar-refractivity contribution is -0.175. The summed E-state index contributed by atoms with van der Waals surface area (Å²) in [5, 5.41) is -3.27. The van der Waals surface area contributed by atoms with Gasteiger partial charge in [0.05, 0.1) is 17.8 Å². The molecule has 1 saturated heterocycles. The van der Waals surface area contributed by atoms with Gasteiger partial charge in [-0.2, -0.15) is 21.6 Å². The summed E-state index contributed by atoms with van der Waals surface area (Å²) in [5.74, 6) is -4.36. The SMILES string of the molecule is O=C(OCC(C(F)(F)F)S(=O)(=O)O)C1CCCCC1C(=O)OC1C2CC3C(=O)OC1C3C2. The number of carbonyl (C=O) groups is 3. The fourth-order valence-corrected chi connectivity index (χ4v) is 6.17. The summed E-state index contributed by atoms with van der Waals surface area (Å²) < 4.78 is 85.0. The van der Waals surface area contributed by atoms with Crippen LogP contribution in [0, 0.1) is 29.6 Å². The molecule has 4 fully saturated rings. The molecule has 8 unspecified atom stereocenters. The Kier molecular flexibility index (Phi) is 5.93. The number of ether oxygens (including phenoxy) is 3. The van der Waals surface area contributed by atoms with Crippen LogP contribution in [0.2, 0.25) is 0 Å². The highest BCUT2D eigenvalue weighted by Crippen LogP contribution is 2.55. The maximum Gasteiger partial charge on any atom is 0.411 e. The zero-order valence-corrected chi connectivity index (χ0v) is 17.6. The minimum Gasteiger partial charge on any atom is -0.464 e. The maximum atomic E-state index is 12.9. The Morgan fingerprint density at radius 3 is 2.34 bits per heavy atom. The summed E-state index contributed by atoms with van der Waals surface area (Å²) >= 11 is 0. The van der Waals surface area contributed by atoms with E-state index in [-0.39, 0.29) is 36.6 Å². The average molecular weight is 484 g/mol. The molecular formula is C19H23F3O9S. The number of hydrogen-bond donors (Lipinski definition) is 1. The van der Waals surface area contributed by atoms with E-state index in [0.717, 1.165) is 0 Å². The van der Waals surface area contributed by atoms with Crippen LogP contribution < -0.4 is 0 Å². The van der Waals surface area contributed by atoms with E-state index in [2.05, 4.69) is 4.74 Å². The van der Waals surface area contributed by atoms with Crippen LogP contribution in [-0.4, -0.2) is 61.1 Å². The van der Waals surface area contributed by atoms with E-state index in [4.69, 9.17) is 14.0 Å². The zero-order chi connectivity index (χ0) is 23.4. The second-order valence-electron chi connectivity index (χ2n) is 8.98. The Labute approximate surface area is 181 Å². The van der Waals surface area contributed by atoms with Gasteiger partial charge in [0.1, 0.15) is 18.8 Å². The molecule has 1 aliphatic heterocycles. The number of alkyl halides is 3. The van der Waals surface area contributed by atoms with Crippen LogP contribution >= 0.6 is 0 Å². The highest BCUT2D eigenvalue weighted by Gasteiger charge is 2.63. The normalized spacial score (nSPS) is 37.1. The molecule has 0 radical (unpaired) electrons. The third-order valence-corrected chi connectivity index (χ3v) is 8.26. The monoisotopic (exact) mass is 484 g/mol. The van der Waals surface area contributed by atoms with Crippen LogP contribution in [0.5, 0.6) is 0 Å². The van der Waals surface area contributed by atoms with E-state index in [1.807, 2.05) is 0 Å². The number of halogens is 3. The topological polar surface area (TPSA) is 133 Å². The zero-order valence-electron chi connectivity index (χ0n) is 16.8. The van der Waals surface area contributed by atoms with E-state index in [1.165, 1.54) is 0 Å². The number of fused-ring (bicyclic) bond motifs is 1. The van der Waals surface area contributed by atoms with Gasteiger partial charge in [-0.1, -0.05) is 12.8 Å². The van der Waals surface area contributed by atoms with Crippen molar-refractivity contribution in [3.63, 3.8) is 0 Å². The fraction of sp³-hybridized carbons (Fsp3) is 0.842. The highest BCUT2D eigenvalue weighted by atomic mass is 32.2. The smallest absolute Gasteiger partial charge is 0.411 e. The van der Waals surface area contributed by atoms with Gasteiger partial charge in [-0.05, 0) is 25.7 Å². The van der Waals surface area contributed by atoms with Gasteiger partial charge >= 0.3 is 24.1 Å². The quantitative estimate of drug-likeness (QED) is 0.339. The molecule has 1 heterocycles. The van der Waals surface area contributed by atoms with E-state index in [9.17, 15) is 36.0 Å². The van der Waals surface area contributed by atoms with Gasteiger partial charge in [0, 0.05) is 11.8 Å². The average Bonchev–Trinajstić information content (AvgIpc) is 3.31. The van der Waals surface area contributed by atoms with E-state index in [0.29, 0.717) is 25.7 Å². The van der Waals surface area contributed by atoms with Crippen molar-refractivity contribution in [1.82, 2.24) is 0 Å². The summed E-state index contributed by atoms with van der Waals surface area (Å²) in [6, 6.07) is 0. The molecule has 2 bridgehead atoms. The molecule has 0 aromatic carbocycles. The fourth-order valence-electron chi connectivity index (χ4n) is 5.60. The Balaban J connectivity index is 1.40.